The zero-order chi connectivity index (χ0) is 15.4. The van der Waals surface area contributed by atoms with Crippen molar-refractivity contribution in [2.45, 2.75) is 53.4 Å². The monoisotopic (exact) mass is 276 g/mol. The smallest absolute Gasteiger partial charge is 0.331 e. The molecule has 0 saturated carbocycles. The fourth-order valence-corrected chi connectivity index (χ4v) is 1.87. The minimum atomic E-state index is -0.380. The molecule has 0 aromatic heterocycles. The summed E-state index contributed by atoms with van der Waals surface area (Å²) in [5.74, 6) is 3.36. The molecule has 20 heavy (non-hydrogen) atoms. The third-order valence-corrected chi connectivity index (χ3v) is 3.04. The molecular formula is C18H28O2. The Morgan fingerprint density at radius 3 is 2.60 bits per heavy atom. The highest BCUT2D eigenvalue weighted by Gasteiger charge is 2.01. The maximum absolute atomic E-state index is 11.3. The standard InChI is InChI=1S/C18H28O2/c1-6-13-20-18(19)14-17(5)12-8-11-16(4)10-7-9-15(2)3/h1,8,12,14-16H,7,9-11,13H2,2-5H3/b12-8+,17-14+/t16-/m0/s1. The Labute approximate surface area is 124 Å². The van der Waals surface area contributed by atoms with E-state index < -0.39 is 0 Å². The molecule has 0 bridgehead atoms. The van der Waals surface area contributed by atoms with Gasteiger partial charge < -0.3 is 4.74 Å². The summed E-state index contributed by atoms with van der Waals surface area (Å²) < 4.78 is 4.78. The van der Waals surface area contributed by atoms with E-state index in [1.807, 2.05) is 13.0 Å². The molecule has 1 atom stereocenters. The highest BCUT2D eigenvalue weighted by Crippen LogP contribution is 2.15. The molecule has 0 aliphatic rings. The van der Waals surface area contributed by atoms with Crippen LogP contribution in [0.25, 0.3) is 0 Å². The molecule has 0 unspecified atom stereocenters. The SMILES string of the molecule is C#CCOC(=O)/C=C(C)/C=C/C[C@@H](C)CCCC(C)C. The van der Waals surface area contributed by atoms with Gasteiger partial charge in [0.25, 0.3) is 0 Å². The Kier molecular flexibility index (Phi) is 10.5. The summed E-state index contributed by atoms with van der Waals surface area (Å²) in [5.41, 5.74) is 0.890. The fraction of sp³-hybridized carbons (Fsp3) is 0.611. The van der Waals surface area contributed by atoms with Crippen LogP contribution >= 0.6 is 0 Å². The average Bonchev–Trinajstić information content (AvgIpc) is 2.35. The fourth-order valence-electron chi connectivity index (χ4n) is 1.87. The molecule has 0 radical (unpaired) electrons. The van der Waals surface area contributed by atoms with Crippen LogP contribution in [-0.4, -0.2) is 12.6 Å². The van der Waals surface area contributed by atoms with E-state index in [-0.39, 0.29) is 12.6 Å². The first-order valence-corrected chi connectivity index (χ1v) is 7.40. The molecular weight excluding hydrogens is 248 g/mol. The van der Waals surface area contributed by atoms with Crippen LogP contribution in [0.5, 0.6) is 0 Å². The van der Waals surface area contributed by atoms with Crippen molar-refractivity contribution in [2.75, 3.05) is 6.61 Å². The van der Waals surface area contributed by atoms with Gasteiger partial charge >= 0.3 is 5.97 Å². The minimum absolute atomic E-state index is 0.0270. The van der Waals surface area contributed by atoms with Crippen LogP contribution in [0.4, 0.5) is 0 Å². The number of hydrogen-bond donors (Lipinski definition) is 0. The molecule has 0 spiro atoms. The lowest BCUT2D eigenvalue weighted by atomic mass is 9.97. The van der Waals surface area contributed by atoms with Crippen molar-refractivity contribution in [1.82, 2.24) is 0 Å². The lowest BCUT2D eigenvalue weighted by molar-refractivity contribution is -0.136. The lowest BCUT2D eigenvalue weighted by Gasteiger charge is -2.09. The number of allylic oxidation sites excluding steroid dienone is 3. The van der Waals surface area contributed by atoms with Crippen LogP contribution < -0.4 is 0 Å². The molecule has 0 aliphatic heterocycles. The summed E-state index contributed by atoms with van der Waals surface area (Å²) in [5, 5.41) is 0. The number of rotatable bonds is 9. The Morgan fingerprint density at radius 1 is 1.30 bits per heavy atom. The largest absolute Gasteiger partial charge is 0.449 e. The molecule has 112 valence electrons. The van der Waals surface area contributed by atoms with Crippen LogP contribution in [0.3, 0.4) is 0 Å². The number of esters is 1. The summed E-state index contributed by atoms with van der Waals surface area (Å²) >= 11 is 0. The Bertz CT molecular complexity index is 369. The minimum Gasteiger partial charge on any atom is -0.449 e. The van der Waals surface area contributed by atoms with E-state index in [0.717, 1.165) is 17.9 Å². The van der Waals surface area contributed by atoms with Gasteiger partial charge in [0.15, 0.2) is 6.61 Å². The predicted octanol–water partition coefficient (Wildman–Crippen LogP) is 4.52. The van der Waals surface area contributed by atoms with Crippen LogP contribution in [0.15, 0.2) is 23.8 Å². The molecule has 0 aliphatic carbocycles. The van der Waals surface area contributed by atoms with Gasteiger partial charge in [0, 0.05) is 6.08 Å². The summed E-state index contributed by atoms with van der Waals surface area (Å²) in [6.45, 7) is 8.71. The Balaban J connectivity index is 3.95. The van der Waals surface area contributed by atoms with Gasteiger partial charge in [-0.05, 0) is 30.8 Å². The zero-order valence-corrected chi connectivity index (χ0v) is 13.3. The van der Waals surface area contributed by atoms with Crippen molar-refractivity contribution in [3.8, 4) is 12.3 Å². The van der Waals surface area contributed by atoms with E-state index >= 15 is 0 Å². The highest BCUT2D eigenvalue weighted by molar-refractivity contribution is 5.83. The van der Waals surface area contributed by atoms with Gasteiger partial charge in [0.05, 0.1) is 0 Å². The summed E-state index contributed by atoms with van der Waals surface area (Å²) in [7, 11) is 0. The van der Waals surface area contributed by atoms with Gasteiger partial charge in [0.2, 0.25) is 0 Å². The van der Waals surface area contributed by atoms with Crippen molar-refractivity contribution in [2.24, 2.45) is 11.8 Å². The summed E-state index contributed by atoms with van der Waals surface area (Å²) in [4.78, 5) is 11.3. The molecule has 0 saturated heterocycles. The van der Waals surface area contributed by atoms with E-state index in [2.05, 4.69) is 32.8 Å². The first-order chi connectivity index (χ1) is 9.45. The lowest BCUT2D eigenvalue weighted by Crippen LogP contribution is -2.01. The normalized spacial score (nSPS) is 13.5. The number of carbonyl (C=O) groups excluding carboxylic acids is 1. The van der Waals surface area contributed by atoms with Crippen LogP contribution in [0.2, 0.25) is 0 Å². The summed E-state index contributed by atoms with van der Waals surface area (Å²) in [6, 6.07) is 0. The van der Waals surface area contributed by atoms with Gasteiger partial charge in [-0.2, -0.15) is 0 Å². The second-order valence-electron chi connectivity index (χ2n) is 5.77. The molecule has 0 amide bonds. The van der Waals surface area contributed by atoms with Crippen LogP contribution in [0.1, 0.15) is 53.4 Å². The Hall–Kier alpha value is -1.49. The first-order valence-electron chi connectivity index (χ1n) is 7.40. The number of carbonyl (C=O) groups is 1. The van der Waals surface area contributed by atoms with Crippen molar-refractivity contribution in [3.05, 3.63) is 23.8 Å². The van der Waals surface area contributed by atoms with Gasteiger partial charge in [-0.3, -0.25) is 0 Å². The Morgan fingerprint density at radius 2 is 2.00 bits per heavy atom. The van der Waals surface area contributed by atoms with Gasteiger partial charge in [-0.1, -0.05) is 58.1 Å². The molecule has 0 aromatic carbocycles. The van der Waals surface area contributed by atoms with Crippen molar-refractivity contribution >= 4 is 5.97 Å². The van der Waals surface area contributed by atoms with Gasteiger partial charge in [-0.25, -0.2) is 4.79 Å². The molecule has 0 rings (SSSR count). The molecule has 2 heteroatoms. The van der Waals surface area contributed by atoms with Crippen LogP contribution in [0, 0.1) is 24.2 Å². The average molecular weight is 276 g/mol. The molecule has 2 nitrogen and oxygen atoms in total. The zero-order valence-electron chi connectivity index (χ0n) is 13.3. The van der Waals surface area contributed by atoms with Crippen molar-refractivity contribution in [1.29, 1.82) is 0 Å². The quantitative estimate of drug-likeness (QED) is 0.268. The van der Waals surface area contributed by atoms with Crippen LogP contribution in [-0.2, 0) is 9.53 Å². The van der Waals surface area contributed by atoms with Crippen molar-refractivity contribution < 1.29 is 9.53 Å². The highest BCUT2D eigenvalue weighted by atomic mass is 16.5. The van der Waals surface area contributed by atoms with E-state index in [0.29, 0.717) is 5.92 Å². The maximum Gasteiger partial charge on any atom is 0.331 e. The van der Waals surface area contributed by atoms with Gasteiger partial charge in [-0.15, -0.1) is 6.42 Å². The molecule has 0 N–H and O–H groups in total. The van der Waals surface area contributed by atoms with Crippen molar-refractivity contribution in [3.63, 3.8) is 0 Å². The molecule has 0 aromatic rings. The maximum atomic E-state index is 11.3. The van der Waals surface area contributed by atoms with E-state index in [1.54, 1.807) is 0 Å². The topological polar surface area (TPSA) is 26.3 Å². The predicted molar refractivity (Wildman–Crippen MR) is 85.2 cm³/mol. The van der Waals surface area contributed by atoms with E-state index in [9.17, 15) is 4.79 Å². The van der Waals surface area contributed by atoms with E-state index in [4.69, 9.17) is 11.2 Å². The summed E-state index contributed by atoms with van der Waals surface area (Å²) in [6.07, 6.45) is 15.5. The number of terminal acetylenes is 1. The molecule has 0 fully saturated rings. The number of ether oxygens (including phenoxy) is 1. The third-order valence-electron chi connectivity index (χ3n) is 3.04. The number of hydrogen-bond acceptors (Lipinski definition) is 2. The third kappa shape index (κ3) is 11.6. The second-order valence-corrected chi connectivity index (χ2v) is 5.77. The van der Waals surface area contributed by atoms with E-state index in [1.165, 1.54) is 25.3 Å². The molecule has 0 heterocycles. The second kappa shape index (κ2) is 11.3. The van der Waals surface area contributed by atoms with Gasteiger partial charge in [0.1, 0.15) is 0 Å². The first kappa shape index (κ1) is 18.5.